The van der Waals surface area contributed by atoms with Gasteiger partial charge in [-0.3, -0.25) is 10.1 Å². The monoisotopic (exact) mass is 380 g/mol. The summed E-state index contributed by atoms with van der Waals surface area (Å²) < 4.78 is 6.40. The van der Waals surface area contributed by atoms with Gasteiger partial charge in [0, 0.05) is 23.6 Å². The average Bonchev–Trinajstić information content (AvgIpc) is 2.87. The first-order chi connectivity index (χ1) is 11.8. The highest BCUT2D eigenvalue weighted by molar-refractivity contribution is 6.42. The van der Waals surface area contributed by atoms with Crippen molar-refractivity contribution in [3.63, 3.8) is 0 Å². The van der Waals surface area contributed by atoms with Gasteiger partial charge in [-0.1, -0.05) is 29.3 Å². The molecule has 9 heteroatoms. The Morgan fingerprint density at radius 1 is 1.16 bits per heavy atom. The van der Waals surface area contributed by atoms with Gasteiger partial charge in [0.1, 0.15) is 0 Å². The summed E-state index contributed by atoms with van der Waals surface area (Å²) in [4.78, 5) is 21.3. The molecule has 0 unspecified atom stereocenters. The number of benzene rings is 2. The molecule has 0 aliphatic carbocycles. The Morgan fingerprint density at radius 3 is 2.56 bits per heavy atom. The standard InChI is InChI=1S/C16H10Cl2N2O5/c17-12-3-1-9(5-13(12)18)8-19-14-4-2-11(20(23)24)6-10(14)7-15(19)25-16(21)22/h1-7H,8H2,(H,21,22). The van der Waals surface area contributed by atoms with Crippen LogP contribution in [0.1, 0.15) is 5.56 Å². The molecule has 1 N–H and O–H groups in total. The van der Waals surface area contributed by atoms with Crippen LogP contribution in [-0.4, -0.2) is 20.8 Å². The maximum atomic E-state index is 10.9. The minimum Gasteiger partial charge on any atom is -0.449 e. The summed E-state index contributed by atoms with van der Waals surface area (Å²) in [6, 6.07) is 10.7. The molecular formula is C16H10Cl2N2O5. The number of ether oxygens (including phenoxy) is 1. The van der Waals surface area contributed by atoms with E-state index in [-0.39, 0.29) is 18.1 Å². The van der Waals surface area contributed by atoms with E-state index in [1.807, 2.05) is 0 Å². The highest BCUT2D eigenvalue weighted by atomic mass is 35.5. The summed E-state index contributed by atoms with van der Waals surface area (Å²) in [7, 11) is 0. The minimum atomic E-state index is -1.48. The summed E-state index contributed by atoms with van der Waals surface area (Å²) in [6.45, 7) is 0.251. The third kappa shape index (κ3) is 3.52. The summed E-state index contributed by atoms with van der Waals surface area (Å²) >= 11 is 11.9. The lowest BCUT2D eigenvalue weighted by atomic mass is 10.2. The Balaban J connectivity index is 2.11. The molecular weight excluding hydrogens is 371 g/mol. The molecule has 0 saturated heterocycles. The number of non-ortho nitro benzene ring substituents is 1. The number of nitro benzene ring substituents is 1. The Hall–Kier alpha value is -2.77. The number of nitrogens with zero attached hydrogens (tertiary/aromatic N) is 2. The van der Waals surface area contributed by atoms with Crippen LogP contribution in [0, 0.1) is 10.1 Å². The van der Waals surface area contributed by atoms with Gasteiger partial charge < -0.3 is 14.4 Å². The molecule has 3 rings (SSSR count). The fourth-order valence-electron chi connectivity index (χ4n) is 2.50. The fraction of sp³-hybridized carbons (Fsp3) is 0.0625. The summed E-state index contributed by atoms with van der Waals surface area (Å²) in [6.07, 6.45) is -1.48. The van der Waals surface area contributed by atoms with Crippen LogP contribution in [-0.2, 0) is 6.54 Å². The molecule has 0 amide bonds. The summed E-state index contributed by atoms with van der Waals surface area (Å²) in [5, 5.41) is 21.1. The van der Waals surface area contributed by atoms with Crippen LogP contribution in [0.2, 0.25) is 10.0 Å². The Labute approximate surface area is 151 Å². The molecule has 0 aliphatic rings. The second-order valence-corrected chi connectivity index (χ2v) is 6.00. The topological polar surface area (TPSA) is 94.6 Å². The average molecular weight is 381 g/mol. The van der Waals surface area contributed by atoms with Crippen LogP contribution < -0.4 is 4.74 Å². The summed E-state index contributed by atoms with van der Waals surface area (Å²) in [5.41, 5.74) is 1.26. The van der Waals surface area contributed by atoms with Crippen LogP contribution >= 0.6 is 23.2 Å². The number of halogens is 2. The molecule has 128 valence electrons. The van der Waals surface area contributed by atoms with E-state index in [9.17, 15) is 14.9 Å². The smallest absolute Gasteiger partial charge is 0.449 e. The third-order valence-corrected chi connectivity index (χ3v) is 4.31. The maximum absolute atomic E-state index is 10.9. The second kappa shape index (κ2) is 6.62. The third-order valence-electron chi connectivity index (χ3n) is 3.57. The van der Waals surface area contributed by atoms with Crippen molar-refractivity contribution in [1.29, 1.82) is 0 Å². The van der Waals surface area contributed by atoms with E-state index in [1.165, 1.54) is 18.2 Å². The van der Waals surface area contributed by atoms with Crippen LogP contribution in [0.5, 0.6) is 5.88 Å². The van der Waals surface area contributed by atoms with Gasteiger partial charge in [0.05, 0.1) is 27.0 Å². The molecule has 7 nitrogen and oxygen atoms in total. The zero-order valence-electron chi connectivity index (χ0n) is 12.5. The number of rotatable bonds is 4. The number of hydrogen-bond acceptors (Lipinski definition) is 4. The molecule has 0 radical (unpaired) electrons. The predicted molar refractivity (Wildman–Crippen MR) is 92.8 cm³/mol. The van der Waals surface area contributed by atoms with Crippen LogP contribution in [0.15, 0.2) is 42.5 Å². The zero-order valence-corrected chi connectivity index (χ0v) is 14.0. The van der Waals surface area contributed by atoms with Gasteiger partial charge in [-0.2, -0.15) is 0 Å². The zero-order chi connectivity index (χ0) is 18.1. The molecule has 0 spiro atoms. The second-order valence-electron chi connectivity index (χ2n) is 5.19. The normalized spacial score (nSPS) is 10.8. The van der Waals surface area contributed by atoms with Crippen molar-refractivity contribution in [2.75, 3.05) is 0 Å². The maximum Gasteiger partial charge on any atom is 0.512 e. The van der Waals surface area contributed by atoms with Crippen molar-refractivity contribution in [3.05, 3.63) is 68.2 Å². The van der Waals surface area contributed by atoms with Gasteiger partial charge >= 0.3 is 6.16 Å². The minimum absolute atomic E-state index is 0.0501. The largest absolute Gasteiger partial charge is 0.512 e. The first kappa shape index (κ1) is 17.1. The molecule has 0 aliphatic heterocycles. The molecule has 0 fully saturated rings. The lowest BCUT2D eigenvalue weighted by molar-refractivity contribution is -0.384. The molecule has 2 aromatic carbocycles. The van der Waals surface area contributed by atoms with E-state index in [0.717, 1.165) is 5.56 Å². The van der Waals surface area contributed by atoms with Crippen molar-refractivity contribution < 1.29 is 19.6 Å². The molecule has 1 aromatic heterocycles. The number of carboxylic acid groups (broad SMARTS) is 1. The van der Waals surface area contributed by atoms with Gasteiger partial charge in [0.15, 0.2) is 0 Å². The van der Waals surface area contributed by atoms with E-state index in [4.69, 9.17) is 33.0 Å². The molecule has 0 atom stereocenters. The molecule has 0 saturated carbocycles. The molecule has 1 heterocycles. The number of hydrogen-bond donors (Lipinski definition) is 1. The van der Waals surface area contributed by atoms with E-state index < -0.39 is 11.1 Å². The number of fused-ring (bicyclic) bond motifs is 1. The molecule has 0 bridgehead atoms. The highest BCUT2D eigenvalue weighted by Gasteiger charge is 2.16. The van der Waals surface area contributed by atoms with Crippen LogP contribution in [0.4, 0.5) is 10.5 Å². The summed E-state index contributed by atoms with van der Waals surface area (Å²) in [5.74, 6) is 0.0501. The van der Waals surface area contributed by atoms with Crippen LogP contribution in [0.25, 0.3) is 10.9 Å². The van der Waals surface area contributed by atoms with E-state index in [0.29, 0.717) is 20.9 Å². The van der Waals surface area contributed by atoms with Crippen LogP contribution in [0.3, 0.4) is 0 Å². The highest BCUT2D eigenvalue weighted by Crippen LogP contribution is 2.31. The van der Waals surface area contributed by atoms with E-state index in [1.54, 1.807) is 28.8 Å². The lowest BCUT2D eigenvalue weighted by Crippen LogP contribution is -2.09. The van der Waals surface area contributed by atoms with Crippen molar-refractivity contribution in [2.45, 2.75) is 6.54 Å². The van der Waals surface area contributed by atoms with Crippen molar-refractivity contribution in [2.24, 2.45) is 0 Å². The lowest BCUT2D eigenvalue weighted by Gasteiger charge is -2.10. The van der Waals surface area contributed by atoms with Gasteiger partial charge in [-0.25, -0.2) is 4.79 Å². The number of nitro groups is 1. The quantitative estimate of drug-likeness (QED) is 0.392. The van der Waals surface area contributed by atoms with Gasteiger partial charge in [0.2, 0.25) is 5.88 Å². The van der Waals surface area contributed by atoms with Crippen molar-refractivity contribution in [1.82, 2.24) is 4.57 Å². The Kier molecular flexibility index (Phi) is 4.52. The Morgan fingerprint density at radius 2 is 1.92 bits per heavy atom. The van der Waals surface area contributed by atoms with Gasteiger partial charge in [0.25, 0.3) is 5.69 Å². The van der Waals surface area contributed by atoms with Crippen molar-refractivity contribution in [3.8, 4) is 5.88 Å². The fourth-order valence-corrected chi connectivity index (χ4v) is 2.82. The first-order valence-electron chi connectivity index (χ1n) is 6.97. The van der Waals surface area contributed by atoms with E-state index >= 15 is 0 Å². The van der Waals surface area contributed by atoms with Gasteiger partial charge in [-0.15, -0.1) is 0 Å². The van der Waals surface area contributed by atoms with Gasteiger partial charge in [-0.05, 0) is 23.8 Å². The predicted octanol–water partition coefficient (Wildman–Crippen LogP) is 4.96. The molecule has 25 heavy (non-hydrogen) atoms. The number of carbonyl (C=O) groups is 1. The Bertz CT molecular complexity index is 1000. The SMILES string of the molecule is O=C(O)Oc1cc2cc([N+](=O)[O-])ccc2n1Cc1ccc(Cl)c(Cl)c1. The van der Waals surface area contributed by atoms with Crippen molar-refractivity contribution >= 4 is 45.9 Å². The van der Waals surface area contributed by atoms with E-state index in [2.05, 4.69) is 0 Å². The molecule has 3 aromatic rings. The first-order valence-corrected chi connectivity index (χ1v) is 7.73. The number of aromatic nitrogens is 1.